The van der Waals surface area contributed by atoms with Crippen LogP contribution >= 0.6 is 11.8 Å². The molecule has 0 amide bonds. The van der Waals surface area contributed by atoms with Crippen LogP contribution in [0.2, 0.25) is 0 Å². The van der Waals surface area contributed by atoms with Gasteiger partial charge in [-0.2, -0.15) is 13.2 Å². The van der Waals surface area contributed by atoms with Crippen molar-refractivity contribution in [1.82, 2.24) is 0 Å². The number of benzene rings is 2. The lowest BCUT2D eigenvalue weighted by Crippen LogP contribution is -2.13. The summed E-state index contributed by atoms with van der Waals surface area (Å²) < 4.78 is 37.5. The van der Waals surface area contributed by atoms with E-state index in [1.165, 1.54) is 5.56 Å². The quantitative estimate of drug-likeness (QED) is 0.623. The number of hydrogen-bond acceptors (Lipinski definition) is 1. The zero-order valence-corrected chi connectivity index (χ0v) is 13.0. The van der Waals surface area contributed by atoms with Gasteiger partial charge in [-0.1, -0.05) is 29.8 Å². The fraction of sp³-hybridized carbons (Fsp3) is 0.294. The van der Waals surface area contributed by atoms with Crippen LogP contribution in [0.25, 0.3) is 0 Å². The van der Waals surface area contributed by atoms with Crippen molar-refractivity contribution in [3.05, 3.63) is 65.2 Å². The third kappa shape index (κ3) is 4.03. The predicted molar refractivity (Wildman–Crippen MR) is 81.5 cm³/mol. The van der Waals surface area contributed by atoms with Crippen molar-refractivity contribution in [1.29, 1.82) is 0 Å². The molecule has 2 aromatic rings. The summed E-state index contributed by atoms with van der Waals surface area (Å²) in [6.07, 6.45) is -4.28. The fourth-order valence-corrected chi connectivity index (χ4v) is 3.14. The summed E-state index contributed by atoms with van der Waals surface area (Å²) >= 11 is 1.64. The molecule has 0 aliphatic carbocycles. The number of hydrogen-bond donors (Lipinski definition) is 0. The summed E-state index contributed by atoms with van der Waals surface area (Å²) in [4.78, 5) is 1.10. The second-order valence-corrected chi connectivity index (χ2v) is 7.20. The lowest BCUT2D eigenvalue weighted by atomic mass is 10.0. The Hall–Kier alpha value is -1.42. The first-order valence-corrected chi connectivity index (χ1v) is 7.43. The van der Waals surface area contributed by atoms with Gasteiger partial charge in [0.05, 0.1) is 5.56 Å². The molecule has 2 rings (SSSR count). The summed E-state index contributed by atoms with van der Waals surface area (Å²) in [6, 6.07) is 13.5. The van der Waals surface area contributed by atoms with Gasteiger partial charge in [-0.25, -0.2) is 0 Å². The van der Waals surface area contributed by atoms with Crippen LogP contribution in [0.3, 0.4) is 0 Å². The Labute approximate surface area is 127 Å². The second-order valence-electron chi connectivity index (χ2n) is 5.50. The maximum atomic E-state index is 12.6. The average Bonchev–Trinajstić information content (AvgIpc) is 2.40. The molecular formula is C17H17F3S. The van der Waals surface area contributed by atoms with E-state index in [1.807, 2.05) is 45.0 Å². The van der Waals surface area contributed by atoms with E-state index in [0.29, 0.717) is 0 Å². The summed E-state index contributed by atoms with van der Waals surface area (Å²) in [5.74, 6) is 0. The third-order valence-electron chi connectivity index (χ3n) is 3.30. The highest BCUT2D eigenvalue weighted by Crippen LogP contribution is 2.41. The zero-order chi connectivity index (χ0) is 15.7. The minimum Gasteiger partial charge on any atom is -0.166 e. The van der Waals surface area contributed by atoms with Gasteiger partial charge in [0.25, 0.3) is 0 Å². The minimum absolute atomic E-state index is 0.292. The van der Waals surface area contributed by atoms with Crippen LogP contribution in [0.1, 0.15) is 30.5 Å². The van der Waals surface area contributed by atoms with E-state index in [0.717, 1.165) is 22.6 Å². The monoisotopic (exact) mass is 310 g/mol. The normalized spacial score (nSPS) is 12.5. The summed E-state index contributed by atoms with van der Waals surface area (Å²) in [7, 11) is 0. The van der Waals surface area contributed by atoms with Gasteiger partial charge in [0, 0.05) is 9.64 Å². The highest BCUT2D eigenvalue weighted by molar-refractivity contribution is 8.00. The van der Waals surface area contributed by atoms with Gasteiger partial charge in [-0.15, -0.1) is 11.8 Å². The lowest BCUT2D eigenvalue weighted by molar-refractivity contribution is -0.137. The van der Waals surface area contributed by atoms with E-state index in [4.69, 9.17) is 0 Å². The van der Waals surface area contributed by atoms with E-state index in [1.54, 1.807) is 23.9 Å². The molecule has 0 saturated carbocycles. The highest BCUT2D eigenvalue weighted by atomic mass is 32.2. The van der Waals surface area contributed by atoms with Crippen molar-refractivity contribution >= 4 is 11.8 Å². The maximum absolute atomic E-state index is 12.6. The van der Waals surface area contributed by atoms with Crippen molar-refractivity contribution in [2.75, 3.05) is 0 Å². The van der Waals surface area contributed by atoms with Gasteiger partial charge < -0.3 is 0 Å². The summed E-state index contributed by atoms with van der Waals surface area (Å²) in [5, 5.41) is 0. The van der Waals surface area contributed by atoms with Crippen molar-refractivity contribution in [3.63, 3.8) is 0 Å². The van der Waals surface area contributed by atoms with Crippen LogP contribution in [-0.4, -0.2) is 0 Å². The van der Waals surface area contributed by atoms with Gasteiger partial charge in [-0.05, 0) is 50.6 Å². The zero-order valence-electron chi connectivity index (χ0n) is 12.2. The van der Waals surface area contributed by atoms with Crippen molar-refractivity contribution in [3.8, 4) is 0 Å². The third-order valence-corrected chi connectivity index (χ3v) is 4.56. The number of halogens is 3. The van der Waals surface area contributed by atoms with E-state index in [9.17, 15) is 13.2 Å². The SMILES string of the molecule is Cc1ccc(SC(C)(C)c2ccc(C(F)(F)F)cc2)cc1. The molecule has 0 aromatic heterocycles. The van der Waals surface area contributed by atoms with Crippen LogP contribution in [0.5, 0.6) is 0 Å². The molecule has 0 atom stereocenters. The number of aryl methyl sites for hydroxylation is 1. The predicted octanol–water partition coefficient (Wildman–Crippen LogP) is 6.04. The largest absolute Gasteiger partial charge is 0.416 e. The first-order chi connectivity index (χ1) is 9.68. The van der Waals surface area contributed by atoms with Crippen molar-refractivity contribution in [2.45, 2.75) is 36.6 Å². The van der Waals surface area contributed by atoms with Gasteiger partial charge >= 0.3 is 6.18 Å². The van der Waals surface area contributed by atoms with Gasteiger partial charge in [0.1, 0.15) is 0 Å². The van der Waals surface area contributed by atoms with Crippen LogP contribution in [-0.2, 0) is 10.9 Å². The smallest absolute Gasteiger partial charge is 0.166 e. The molecule has 0 N–H and O–H groups in total. The van der Waals surface area contributed by atoms with Crippen molar-refractivity contribution < 1.29 is 13.2 Å². The molecule has 0 unspecified atom stereocenters. The van der Waals surface area contributed by atoms with Gasteiger partial charge in [0.15, 0.2) is 0 Å². The summed E-state index contributed by atoms with van der Waals surface area (Å²) in [6.45, 7) is 6.05. The van der Waals surface area contributed by atoms with Crippen molar-refractivity contribution in [2.24, 2.45) is 0 Å². The molecule has 0 nitrogen and oxygen atoms in total. The molecule has 0 heterocycles. The molecule has 2 aromatic carbocycles. The maximum Gasteiger partial charge on any atom is 0.416 e. The van der Waals surface area contributed by atoms with E-state index >= 15 is 0 Å². The molecule has 0 fully saturated rings. The second kappa shape index (κ2) is 5.76. The Morgan fingerprint density at radius 1 is 0.762 bits per heavy atom. The number of rotatable bonds is 3. The molecule has 21 heavy (non-hydrogen) atoms. The molecule has 0 radical (unpaired) electrons. The molecule has 0 saturated heterocycles. The topological polar surface area (TPSA) is 0 Å². The first-order valence-electron chi connectivity index (χ1n) is 6.62. The molecule has 4 heteroatoms. The first kappa shape index (κ1) is 16.0. The Morgan fingerprint density at radius 2 is 1.24 bits per heavy atom. The Kier molecular flexibility index (Phi) is 4.38. The molecular weight excluding hydrogens is 293 g/mol. The van der Waals surface area contributed by atoms with E-state index in [-0.39, 0.29) is 4.75 Å². The Bertz CT molecular complexity index is 595. The number of thioether (sulfide) groups is 1. The van der Waals surface area contributed by atoms with Crippen LogP contribution in [0.4, 0.5) is 13.2 Å². The molecule has 0 spiro atoms. The molecule has 0 aliphatic rings. The summed E-state index contributed by atoms with van der Waals surface area (Å²) in [5.41, 5.74) is 1.45. The molecule has 0 aliphatic heterocycles. The Balaban J connectivity index is 2.21. The Morgan fingerprint density at radius 3 is 1.71 bits per heavy atom. The van der Waals surface area contributed by atoms with Gasteiger partial charge in [0.2, 0.25) is 0 Å². The average molecular weight is 310 g/mol. The van der Waals surface area contributed by atoms with Gasteiger partial charge in [-0.3, -0.25) is 0 Å². The molecule has 112 valence electrons. The standard InChI is InChI=1S/C17H17F3S/c1-12-4-10-15(11-5-12)21-16(2,3)13-6-8-14(9-7-13)17(18,19)20/h4-11H,1-3H3. The highest BCUT2D eigenvalue weighted by Gasteiger charge is 2.31. The van der Waals surface area contributed by atoms with E-state index in [2.05, 4.69) is 0 Å². The minimum atomic E-state index is -4.28. The molecule has 0 bridgehead atoms. The van der Waals surface area contributed by atoms with Crippen LogP contribution in [0, 0.1) is 6.92 Å². The number of alkyl halides is 3. The van der Waals surface area contributed by atoms with E-state index < -0.39 is 11.7 Å². The fourth-order valence-electron chi connectivity index (χ4n) is 2.02. The lowest BCUT2D eigenvalue weighted by Gasteiger charge is -2.25. The van der Waals surface area contributed by atoms with Crippen LogP contribution < -0.4 is 0 Å². The van der Waals surface area contributed by atoms with Crippen LogP contribution in [0.15, 0.2) is 53.4 Å².